The molecule has 0 radical (unpaired) electrons. The maximum Gasteiger partial charge on any atom is 0.272 e. The Bertz CT molecular complexity index is 393. The maximum atomic E-state index is 10.8. The van der Waals surface area contributed by atoms with Crippen molar-refractivity contribution in [2.75, 3.05) is 6.61 Å². The van der Waals surface area contributed by atoms with Gasteiger partial charge >= 0.3 is 0 Å². The van der Waals surface area contributed by atoms with Crippen LogP contribution in [0, 0.1) is 17.0 Å². The molecule has 5 nitrogen and oxygen atoms in total. The Morgan fingerprint density at radius 1 is 1.53 bits per heavy atom. The number of nitro benzene ring substituents is 1. The summed E-state index contributed by atoms with van der Waals surface area (Å²) < 4.78 is 0. The fraction of sp³-hybridized carbons (Fsp3) is 0.500. The molecule has 1 aromatic rings. The van der Waals surface area contributed by atoms with Gasteiger partial charge in [-0.05, 0) is 25.8 Å². The van der Waals surface area contributed by atoms with Crippen LogP contribution in [0.3, 0.4) is 0 Å². The SMILES string of the molecule is Cc1ccc(CNC(C)CCO)cc1[N+](=O)[O-]. The summed E-state index contributed by atoms with van der Waals surface area (Å²) in [4.78, 5) is 10.4. The first kappa shape index (κ1) is 13.6. The molecule has 0 bridgehead atoms. The van der Waals surface area contributed by atoms with Crippen LogP contribution in [0.4, 0.5) is 5.69 Å². The first-order chi connectivity index (χ1) is 8.04. The van der Waals surface area contributed by atoms with Crippen molar-refractivity contribution >= 4 is 5.69 Å². The fourth-order valence-corrected chi connectivity index (χ4v) is 1.55. The lowest BCUT2D eigenvalue weighted by Gasteiger charge is -2.12. The van der Waals surface area contributed by atoms with Crippen LogP contribution >= 0.6 is 0 Å². The predicted octanol–water partition coefficient (Wildman–Crippen LogP) is 1.76. The summed E-state index contributed by atoms with van der Waals surface area (Å²) in [6.07, 6.45) is 0.675. The Morgan fingerprint density at radius 3 is 2.82 bits per heavy atom. The number of nitrogens with one attached hydrogen (secondary N) is 1. The highest BCUT2D eigenvalue weighted by molar-refractivity contribution is 5.42. The minimum Gasteiger partial charge on any atom is -0.396 e. The summed E-state index contributed by atoms with van der Waals surface area (Å²) in [5.74, 6) is 0. The van der Waals surface area contributed by atoms with E-state index in [9.17, 15) is 10.1 Å². The van der Waals surface area contributed by atoms with Crippen LogP contribution in [0.2, 0.25) is 0 Å². The maximum absolute atomic E-state index is 10.8. The lowest BCUT2D eigenvalue weighted by Crippen LogP contribution is -2.26. The van der Waals surface area contributed by atoms with Gasteiger partial charge in [0.2, 0.25) is 0 Å². The van der Waals surface area contributed by atoms with E-state index in [1.165, 1.54) is 0 Å². The molecule has 1 atom stereocenters. The van der Waals surface area contributed by atoms with Crippen molar-refractivity contribution < 1.29 is 10.0 Å². The number of hydrogen-bond donors (Lipinski definition) is 2. The first-order valence-electron chi connectivity index (χ1n) is 5.62. The number of benzene rings is 1. The van der Waals surface area contributed by atoms with E-state index in [-0.39, 0.29) is 23.3 Å². The average molecular weight is 238 g/mol. The molecule has 94 valence electrons. The molecule has 0 aliphatic heterocycles. The number of rotatable bonds is 6. The lowest BCUT2D eigenvalue weighted by atomic mass is 10.1. The van der Waals surface area contributed by atoms with E-state index in [1.807, 2.05) is 13.0 Å². The molecule has 0 saturated heterocycles. The van der Waals surface area contributed by atoms with Crippen LogP contribution in [0.1, 0.15) is 24.5 Å². The zero-order valence-electron chi connectivity index (χ0n) is 10.1. The van der Waals surface area contributed by atoms with Gasteiger partial charge in [0.05, 0.1) is 4.92 Å². The molecule has 1 unspecified atom stereocenters. The number of hydrogen-bond acceptors (Lipinski definition) is 4. The second kappa shape index (κ2) is 6.32. The summed E-state index contributed by atoms with van der Waals surface area (Å²) in [7, 11) is 0. The minimum absolute atomic E-state index is 0.141. The molecule has 17 heavy (non-hydrogen) atoms. The highest BCUT2D eigenvalue weighted by Gasteiger charge is 2.11. The smallest absolute Gasteiger partial charge is 0.272 e. The molecule has 1 rings (SSSR count). The van der Waals surface area contributed by atoms with Gasteiger partial charge in [-0.15, -0.1) is 0 Å². The van der Waals surface area contributed by atoms with Crippen molar-refractivity contribution in [3.8, 4) is 0 Å². The Hall–Kier alpha value is -1.46. The molecular weight excluding hydrogens is 220 g/mol. The number of nitrogens with zero attached hydrogens (tertiary/aromatic N) is 1. The number of aliphatic hydroxyl groups excluding tert-OH is 1. The third-order valence-corrected chi connectivity index (χ3v) is 2.69. The molecule has 1 aromatic carbocycles. The van der Waals surface area contributed by atoms with Crippen molar-refractivity contribution in [2.45, 2.75) is 32.9 Å². The number of aryl methyl sites for hydroxylation is 1. The van der Waals surface area contributed by atoms with E-state index in [1.54, 1.807) is 19.1 Å². The largest absolute Gasteiger partial charge is 0.396 e. The minimum atomic E-state index is -0.365. The molecule has 0 aliphatic carbocycles. The molecule has 2 N–H and O–H groups in total. The highest BCUT2D eigenvalue weighted by Crippen LogP contribution is 2.19. The van der Waals surface area contributed by atoms with Crippen LogP contribution in [-0.2, 0) is 6.54 Å². The van der Waals surface area contributed by atoms with Gasteiger partial charge in [-0.1, -0.05) is 12.1 Å². The van der Waals surface area contributed by atoms with Gasteiger partial charge in [0.15, 0.2) is 0 Å². The van der Waals surface area contributed by atoms with Gasteiger partial charge in [-0.2, -0.15) is 0 Å². The van der Waals surface area contributed by atoms with E-state index in [0.717, 1.165) is 5.56 Å². The Labute approximate surface area is 101 Å². The van der Waals surface area contributed by atoms with Crippen molar-refractivity contribution in [1.29, 1.82) is 0 Å². The predicted molar refractivity (Wildman–Crippen MR) is 65.8 cm³/mol. The van der Waals surface area contributed by atoms with E-state index in [4.69, 9.17) is 5.11 Å². The second-order valence-electron chi connectivity index (χ2n) is 4.17. The van der Waals surface area contributed by atoms with E-state index < -0.39 is 0 Å². The lowest BCUT2D eigenvalue weighted by molar-refractivity contribution is -0.385. The van der Waals surface area contributed by atoms with Gasteiger partial charge in [-0.25, -0.2) is 0 Å². The van der Waals surface area contributed by atoms with Gasteiger partial charge < -0.3 is 10.4 Å². The average Bonchev–Trinajstić information content (AvgIpc) is 2.28. The molecule has 0 saturated carbocycles. The molecule has 5 heteroatoms. The normalized spacial score (nSPS) is 12.4. The molecular formula is C12H18N2O3. The van der Waals surface area contributed by atoms with Gasteiger partial charge in [0, 0.05) is 30.8 Å². The molecule has 0 spiro atoms. The number of aliphatic hydroxyl groups is 1. The van der Waals surface area contributed by atoms with Crippen LogP contribution in [0.15, 0.2) is 18.2 Å². The van der Waals surface area contributed by atoms with Crippen LogP contribution in [-0.4, -0.2) is 22.7 Å². The Morgan fingerprint density at radius 2 is 2.24 bits per heavy atom. The zero-order chi connectivity index (χ0) is 12.8. The summed E-state index contributed by atoms with van der Waals surface area (Å²) in [6, 6.07) is 5.42. The molecule has 0 heterocycles. The van der Waals surface area contributed by atoms with Crippen molar-refractivity contribution in [1.82, 2.24) is 5.32 Å². The summed E-state index contributed by atoms with van der Waals surface area (Å²) in [5, 5.41) is 22.7. The monoisotopic (exact) mass is 238 g/mol. The third-order valence-electron chi connectivity index (χ3n) is 2.69. The van der Waals surface area contributed by atoms with Gasteiger partial charge in [-0.3, -0.25) is 10.1 Å². The van der Waals surface area contributed by atoms with E-state index >= 15 is 0 Å². The molecule has 0 amide bonds. The third kappa shape index (κ3) is 4.13. The summed E-state index contributed by atoms with van der Waals surface area (Å²) in [5.41, 5.74) is 1.70. The molecule has 0 aromatic heterocycles. The van der Waals surface area contributed by atoms with Crippen LogP contribution in [0.25, 0.3) is 0 Å². The van der Waals surface area contributed by atoms with E-state index in [2.05, 4.69) is 5.32 Å². The van der Waals surface area contributed by atoms with Crippen molar-refractivity contribution in [2.24, 2.45) is 0 Å². The second-order valence-corrected chi connectivity index (χ2v) is 4.17. The van der Waals surface area contributed by atoms with Gasteiger partial charge in [0.25, 0.3) is 5.69 Å². The standard InChI is InChI=1S/C12H18N2O3/c1-9-3-4-11(7-12(9)14(16)17)8-13-10(2)5-6-15/h3-4,7,10,13,15H,5-6,8H2,1-2H3. The first-order valence-corrected chi connectivity index (χ1v) is 5.62. The van der Waals surface area contributed by atoms with Crippen LogP contribution < -0.4 is 5.32 Å². The molecule has 0 fully saturated rings. The topological polar surface area (TPSA) is 75.4 Å². The number of nitro groups is 1. The molecule has 0 aliphatic rings. The Balaban J connectivity index is 2.66. The zero-order valence-corrected chi connectivity index (χ0v) is 10.1. The van der Waals surface area contributed by atoms with Gasteiger partial charge in [0.1, 0.15) is 0 Å². The van der Waals surface area contributed by atoms with Crippen molar-refractivity contribution in [3.63, 3.8) is 0 Å². The quantitative estimate of drug-likeness (QED) is 0.585. The fourth-order valence-electron chi connectivity index (χ4n) is 1.55. The van der Waals surface area contributed by atoms with Crippen molar-refractivity contribution in [3.05, 3.63) is 39.4 Å². The summed E-state index contributed by atoms with van der Waals surface area (Å²) >= 11 is 0. The highest BCUT2D eigenvalue weighted by atomic mass is 16.6. The van der Waals surface area contributed by atoms with Crippen LogP contribution in [0.5, 0.6) is 0 Å². The summed E-state index contributed by atoms with van der Waals surface area (Å²) in [6.45, 7) is 4.41. The Kier molecular flexibility index (Phi) is 5.06. The van der Waals surface area contributed by atoms with E-state index in [0.29, 0.717) is 18.5 Å².